The van der Waals surface area contributed by atoms with Crippen molar-refractivity contribution in [2.24, 2.45) is 0 Å². The normalized spacial score (nSPS) is 10.5. The fourth-order valence-electron chi connectivity index (χ4n) is 2.63. The Morgan fingerprint density at radius 3 is 2.21 bits per heavy atom. The lowest BCUT2D eigenvalue weighted by Gasteiger charge is -2.09. The Labute approximate surface area is 162 Å². The van der Waals surface area contributed by atoms with Gasteiger partial charge in [0.05, 0.1) is 13.2 Å². The molecule has 0 saturated carbocycles. The van der Waals surface area contributed by atoms with Gasteiger partial charge in [0.2, 0.25) is 0 Å². The minimum absolute atomic E-state index is 0.125. The van der Waals surface area contributed by atoms with E-state index in [4.69, 9.17) is 14.8 Å². The van der Waals surface area contributed by atoms with Gasteiger partial charge in [0.25, 0.3) is 5.91 Å². The maximum Gasteiger partial charge on any atom is 0.491 e. The van der Waals surface area contributed by atoms with Gasteiger partial charge < -0.3 is 20.1 Å². The van der Waals surface area contributed by atoms with Crippen LogP contribution in [0.4, 0.5) is 10.1 Å². The SMILES string of the molecule is O=C(Nc1ccc(COCc2ccccc2)cc1)c1ccc(F)c(B(O)O)c1. The highest BCUT2D eigenvalue weighted by Gasteiger charge is 2.18. The molecule has 5 nitrogen and oxygen atoms in total. The van der Waals surface area contributed by atoms with E-state index in [1.54, 1.807) is 12.1 Å². The summed E-state index contributed by atoms with van der Waals surface area (Å²) in [5.41, 5.74) is 2.39. The Balaban J connectivity index is 1.56. The quantitative estimate of drug-likeness (QED) is 0.551. The van der Waals surface area contributed by atoms with E-state index in [0.717, 1.165) is 23.3 Å². The van der Waals surface area contributed by atoms with Crippen LogP contribution in [0.3, 0.4) is 0 Å². The van der Waals surface area contributed by atoms with E-state index in [2.05, 4.69) is 5.32 Å². The van der Waals surface area contributed by atoms with Crippen molar-refractivity contribution in [3.63, 3.8) is 0 Å². The predicted molar refractivity (Wildman–Crippen MR) is 106 cm³/mol. The third-order valence-corrected chi connectivity index (χ3v) is 4.13. The van der Waals surface area contributed by atoms with Gasteiger partial charge in [0.15, 0.2) is 0 Å². The highest BCUT2D eigenvalue weighted by molar-refractivity contribution is 6.58. The minimum atomic E-state index is -1.98. The molecule has 0 heterocycles. The number of benzene rings is 3. The van der Waals surface area contributed by atoms with Crippen molar-refractivity contribution in [2.45, 2.75) is 13.2 Å². The number of carbonyl (C=O) groups excluding carboxylic acids is 1. The molecule has 28 heavy (non-hydrogen) atoms. The molecule has 1 amide bonds. The van der Waals surface area contributed by atoms with Crippen molar-refractivity contribution in [1.29, 1.82) is 0 Å². The molecule has 0 atom stereocenters. The van der Waals surface area contributed by atoms with Crippen LogP contribution in [0.15, 0.2) is 72.8 Å². The van der Waals surface area contributed by atoms with Crippen LogP contribution in [0.2, 0.25) is 0 Å². The number of hydrogen-bond acceptors (Lipinski definition) is 4. The first kappa shape index (κ1) is 19.8. The molecular weight excluding hydrogens is 360 g/mol. The molecule has 0 bridgehead atoms. The second-order valence-corrected chi connectivity index (χ2v) is 6.24. The lowest BCUT2D eigenvalue weighted by molar-refractivity contribution is 0.102. The van der Waals surface area contributed by atoms with E-state index in [0.29, 0.717) is 18.9 Å². The summed E-state index contributed by atoms with van der Waals surface area (Å²) < 4.78 is 19.2. The molecule has 0 unspecified atom stereocenters. The van der Waals surface area contributed by atoms with Crippen LogP contribution in [0.5, 0.6) is 0 Å². The molecule has 3 rings (SSSR count). The molecule has 3 N–H and O–H groups in total. The van der Waals surface area contributed by atoms with Gasteiger partial charge in [-0.05, 0) is 41.5 Å². The van der Waals surface area contributed by atoms with Crippen molar-refractivity contribution in [1.82, 2.24) is 0 Å². The van der Waals surface area contributed by atoms with Crippen molar-refractivity contribution in [3.05, 3.63) is 95.3 Å². The van der Waals surface area contributed by atoms with Crippen LogP contribution in [0.1, 0.15) is 21.5 Å². The molecule has 0 fully saturated rings. The fraction of sp³-hybridized carbons (Fsp3) is 0.0952. The largest absolute Gasteiger partial charge is 0.491 e. The van der Waals surface area contributed by atoms with Gasteiger partial charge in [0, 0.05) is 16.7 Å². The highest BCUT2D eigenvalue weighted by atomic mass is 19.1. The molecule has 142 valence electrons. The fourth-order valence-corrected chi connectivity index (χ4v) is 2.63. The summed E-state index contributed by atoms with van der Waals surface area (Å²) in [6, 6.07) is 20.4. The predicted octanol–water partition coefficient (Wildman–Crippen LogP) is 2.47. The summed E-state index contributed by atoms with van der Waals surface area (Å²) in [6.45, 7) is 0.960. The Bertz CT molecular complexity index is 933. The number of anilines is 1. The number of nitrogens with one attached hydrogen (secondary N) is 1. The molecule has 3 aromatic carbocycles. The third kappa shape index (κ3) is 5.26. The zero-order valence-corrected chi connectivity index (χ0v) is 15.0. The van der Waals surface area contributed by atoms with Crippen LogP contribution in [0, 0.1) is 5.82 Å². The summed E-state index contributed by atoms with van der Waals surface area (Å²) in [5.74, 6) is -1.26. The smallest absolute Gasteiger partial charge is 0.423 e. The van der Waals surface area contributed by atoms with Crippen LogP contribution < -0.4 is 10.8 Å². The molecule has 0 aromatic heterocycles. The van der Waals surface area contributed by atoms with Gasteiger partial charge in [-0.2, -0.15) is 0 Å². The average Bonchev–Trinajstić information content (AvgIpc) is 2.70. The van der Waals surface area contributed by atoms with Gasteiger partial charge in [-0.3, -0.25) is 4.79 Å². The second-order valence-electron chi connectivity index (χ2n) is 6.24. The van der Waals surface area contributed by atoms with Crippen LogP contribution in [0.25, 0.3) is 0 Å². The third-order valence-electron chi connectivity index (χ3n) is 4.13. The molecule has 0 saturated heterocycles. The summed E-state index contributed by atoms with van der Waals surface area (Å²) in [6.07, 6.45) is 0. The number of halogens is 1. The molecule has 7 heteroatoms. The average molecular weight is 379 g/mol. The van der Waals surface area contributed by atoms with Crippen molar-refractivity contribution in [2.75, 3.05) is 5.32 Å². The molecule has 0 aliphatic carbocycles. The Morgan fingerprint density at radius 2 is 1.57 bits per heavy atom. The topological polar surface area (TPSA) is 78.8 Å². The lowest BCUT2D eigenvalue weighted by Crippen LogP contribution is -2.33. The van der Waals surface area contributed by atoms with Gasteiger partial charge in [-0.25, -0.2) is 4.39 Å². The van der Waals surface area contributed by atoms with Crippen molar-refractivity contribution in [3.8, 4) is 0 Å². The van der Waals surface area contributed by atoms with Gasteiger partial charge >= 0.3 is 7.12 Å². The van der Waals surface area contributed by atoms with E-state index in [-0.39, 0.29) is 11.0 Å². The van der Waals surface area contributed by atoms with Crippen molar-refractivity contribution < 1.29 is 24.0 Å². The van der Waals surface area contributed by atoms with E-state index < -0.39 is 18.8 Å². The zero-order chi connectivity index (χ0) is 19.9. The van der Waals surface area contributed by atoms with E-state index in [1.165, 1.54) is 6.07 Å². The Kier molecular flexibility index (Phi) is 6.55. The second kappa shape index (κ2) is 9.28. The summed E-state index contributed by atoms with van der Waals surface area (Å²) in [4.78, 5) is 12.3. The summed E-state index contributed by atoms with van der Waals surface area (Å²) in [7, 11) is -1.98. The number of ether oxygens (including phenoxy) is 1. The van der Waals surface area contributed by atoms with Gasteiger partial charge in [-0.15, -0.1) is 0 Å². The summed E-state index contributed by atoms with van der Waals surface area (Å²) >= 11 is 0. The monoisotopic (exact) mass is 379 g/mol. The molecule has 3 aromatic rings. The molecule has 0 aliphatic heterocycles. The van der Waals surface area contributed by atoms with Crippen LogP contribution in [-0.2, 0) is 18.0 Å². The summed E-state index contributed by atoms with van der Waals surface area (Å²) in [5, 5.41) is 21.0. The first-order valence-corrected chi connectivity index (χ1v) is 8.70. The first-order valence-electron chi connectivity index (χ1n) is 8.70. The number of rotatable bonds is 7. The molecule has 0 radical (unpaired) electrons. The van der Waals surface area contributed by atoms with Crippen LogP contribution >= 0.6 is 0 Å². The Morgan fingerprint density at radius 1 is 0.929 bits per heavy atom. The van der Waals surface area contributed by atoms with E-state index >= 15 is 0 Å². The van der Waals surface area contributed by atoms with Gasteiger partial charge in [0.1, 0.15) is 5.82 Å². The van der Waals surface area contributed by atoms with E-state index in [1.807, 2.05) is 42.5 Å². The van der Waals surface area contributed by atoms with Crippen molar-refractivity contribution >= 4 is 24.2 Å². The molecular formula is C21H19BFNO4. The van der Waals surface area contributed by atoms with Gasteiger partial charge in [-0.1, -0.05) is 42.5 Å². The number of carbonyl (C=O) groups is 1. The maximum absolute atomic E-state index is 13.5. The van der Waals surface area contributed by atoms with E-state index in [9.17, 15) is 9.18 Å². The number of amides is 1. The van der Waals surface area contributed by atoms with Crippen LogP contribution in [-0.4, -0.2) is 23.1 Å². The minimum Gasteiger partial charge on any atom is -0.423 e. The zero-order valence-electron chi connectivity index (χ0n) is 15.0. The standard InChI is InChI=1S/C21H19BFNO4/c23-20-11-8-17(12-19(20)22(26)27)21(25)24-18-9-6-16(7-10-18)14-28-13-15-4-2-1-3-5-15/h1-12,26-27H,13-14H2,(H,24,25). The maximum atomic E-state index is 13.5. The first-order chi connectivity index (χ1) is 13.5. The Hall–Kier alpha value is -3.00. The molecule has 0 aliphatic rings. The lowest BCUT2D eigenvalue weighted by atomic mass is 9.79. The highest BCUT2D eigenvalue weighted by Crippen LogP contribution is 2.13. The molecule has 0 spiro atoms. The number of hydrogen-bond donors (Lipinski definition) is 3.